The number of amides is 1. The van der Waals surface area contributed by atoms with E-state index in [4.69, 9.17) is 33.7 Å². The topological polar surface area (TPSA) is 67.6 Å². The van der Waals surface area contributed by atoms with Crippen molar-refractivity contribution in [2.24, 2.45) is 0 Å². The predicted molar refractivity (Wildman–Crippen MR) is 82.6 cm³/mol. The van der Waals surface area contributed by atoms with Gasteiger partial charge in [0.25, 0.3) is 5.91 Å². The first kappa shape index (κ1) is 17.0. The van der Waals surface area contributed by atoms with Gasteiger partial charge in [-0.1, -0.05) is 23.2 Å². The fourth-order valence-corrected chi connectivity index (χ4v) is 1.90. The van der Waals surface area contributed by atoms with Gasteiger partial charge < -0.3 is 20.7 Å². The van der Waals surface area contributed by atoms with Crippen molar-refractivity contribution in [2.45, 2.75) is 0 Å². The Balaban J connectivity index is 2.47. The highest BCUT2D eigenvalue weighted by Crippen LogP contribution is 2.29. The fourth-order valence-electron chi connectivity index (χ4n) is 1.56. The third-order valence-corrected chi connectivity index (χ3v) is 3.59. The van der Waals surface area contributed by atoms with Crippen molar-refractivity contribution in [3.05, 3.63) is 27.7 Å². The molecule has 0 aliphatic heterocycles. The van der Waals surface area contributed by atoms with E-state index >= 15 is 0 Å². The molecule has 1 rings (SSSR count). The van der Waals surface area contributed by atoms with Gasteiger partial charge in [-0.2, -0.15) is 0 Å². The molecule has 7 heteroatoms. The van der Waals surface area contributed by atoms with Crippen LogP contribution in [-0.2, 0) is 4.74 Å². The summed E-state index contributed by atoms with van der Waals surface area (Å²) < 4.78 is 4.98. The number of hydrogen-bond donors (Lipinski definition) is 2. The van der Waals surface area contributed by atoms with Crippen molar-refractivity contribution in [1.82, 2.24) is 10.2 Å². The van der Waals surface area contributed by atoms with Crippen LogP contribution in [0.25, 0.3) is 0 Å². The van der Waals surface area contributed by atoms with E-state index < -0.39 is 0 Å². The van der Waals surface area contributed by atoms with Crippen LogP contribution in [0.5, 0.6) is 0 Å². The first-order chi connectivity index (χ1) is 9.45. The van der Waals surface area contributed by atoms with Crippen LogP contribution < -0.4 is 11.1 Å². The minimum Gasteiger partial charge on any atom is -0.397 e. The van der Waals surface area contributed by atoms with Gasteiger partial charge in [0.2, 0.25) is 0 Å². The SMILES string of the molecule is COCCN(C)CCNC(=O)c1cc(N)c(Cl)c(Cl)c1. The molecule has 112 valence electrons. The van der Waals surface area contributed by atoms with E-state index in [-0.39, 0.29) is 16.0 Å². The van der Waals surface area contributed by atoms with Crippen LogP contribution in [0.1, 0.15) is 10.4 Å². The molecule has 0 bridgehead atoms. The van der Waals surface area contributed by atoms with Gasteiger partial charge in [-0.05, 0) is 19.2 Å². The van der Waals surface area contributed by atoms with Crippen molar-refractivity contribution in [3.8, 4) is 0 Å². The van der Waals surface area contributed by atoms with E-state index in [1.165, 1.54) is 12.1 Å². The Morgan fingerprint density at radius 2 is 2.10 bits per heavy atom. The van der Waals surface area contributed by atoms with Crippen LogP contribution >= 0.6 is 23.2 Å². The zero-order valence-electron chi connectivity index (χ0n) is 11.6. The summed E-state index contributed by atoms with van der Waals surface area (Å²) in [4.78, 5) is 14.0. The van der Waals surface area contributed by atoms with Gasteiger partial charge in [0.15, 0.2) is 0 Å². The van der Waals surface area contributed by atoms with Crippen molar-refractivity contribution >= 4 is 34.8 Å². The number of carbonyl (C=O) groups is 1. The number of anilines is 1. The van der Waals surface area contributed by atoms with Crippen molar-refractivity contribution in [2.75, 3.05) is 46.1 Å². The Morgan fingerprint density at radius 3 is 2.70 bits per heavy atom. The predicted octanol–water partition coefficient (Wildman–Crippen LogP) is 1.88. The molecule has 0 saturated heterocycles. The summed E-state index contributed by atoms with van der Waals surface area (Å²) in [5.74, 6) is -0.226. The summed E-state index contributed by atoms with van der Waals surface area (Å²) in [5, 5.41) is 3.34. The van der Waals surface area contributed by atoms with E-state index in [1.54, 1.807) is 7.11 Å². The zero-order chi connectivity index (χ0) is 15.1. The number of likely N-dealkylation sites (N-methyl/N-ethyl adjacent to an activating group) is 1. The molecule has 20 heavy (non-hydrogen) atoms. The lowest BCUT2D eigenvalue weighted by Crippen LogP contribution is -2.34. The molecule has 0 unspecified atom stereocenters. The summed E-state index contributed by atoms with van der Waals surface area (Å²) >= 11 is 11.7. The number of ether oxygens (including phenoxy) is 1. The zero-order valence-corrected chi connectivity index (χ0v) is 13.1. The molecule has 0 atom stereocenters. The highest BCUT2D eigenvalue weighted by Gasteiger charge is 2.11. The smallest absolute Gasteiger partial charge is 0.251 e. The van der Waals surface area contributed by atoms with Crippen molar-refractivity contribution in [3.63, 3.8) is 0 Å². The van der Waals surface area contributed by atoms with E-state index in [1.807, 2.05) is 7.05 Å². The average Bonchev–Trinajstić information content (AvgIpc) is 2.41. The lowest BCUT2D eigenvalue weighted by molar-refractivity contribution is 0.0947. The van der Waals surface area contributed by atoms with Crippen LogP contribution in [0.2, 0.25) is 10.0 Å². The van der Waals surface area contributed by atoms with Crippen molar-refractivity contribution in [1.29, 1.82) is 0 Å². The van der Waals surface area contributed by atoms with Crippen LogP contribution in [0.15, 0.2) is 12.1 Å². The number of halogens is 2. The van der Waals surface area contributed by atoms with E-state index in [0.717, 1.165) is 13.1 Å². The maximum atomic E-state index is 11.9. The van der Waals surface area contributed by atoms with E-state index in [2.05, 4.69) is 10.2 Å². The van der Waals surface area contributed by atoms with Crippen LogP contribution in [0.4, 0.5) is 5.69 Å². The summed E-state index contributed by atoms with van der Waals surface area (Å²) in [6.07, 6.45) is 0. The molecule has 0 heterocycles. The Morgan fingerprint density at radius 1 is 1.40 bits per heavy atom. The van der Waals surface area contributed by atoms with Gasteiger partial charge in [0, 0.05) is 32.3 Å². The summed E-state index contributed by atoms with van der Waals surface area (Å²) in [7, 11) is 3.62. The molecular weight excluding hydrogens is 301 g/mol. The summed E-state index contributed by atoms with van der Waals surface area (Å²) in [6.45, 7) is 2.73. The highest BCUT2D eigenvalue weighted by molar-refractivity contribution is 6.43. The summed E-state index contributed by atoms with van der Waals surface area (Å²) in [5.41, 5.74) is 6.37. The Kier molecular flexibility index (Phi) is 7.09. The normalized spacial score (nSPS) is 10.8. The standard InChI is InChI=1S/C13H19Cl2N3O2/c1-18(5-6-20-2)4-3-17-13(19)9-7-10(14)12(15)11(16)8-9/h7-8H,3-6,16H2,1-2H3,(H,17,19). The average molecular weight is 320 g/mol. The molecule has 5 nitrogen and oxygen atoms in total. The Labute approximate surface area is 129 Å². The van der Waals surface area contributed by atoms with Gasteiger partial charge in [0.05, 0.1) is 22.3 Å². The third kappa shape index (κ3) is 5.17. The Bertz CT molecular complexity index is 446. The van der Waals surface area contributed by atoms with Crippen molar-refractivity contribution < 1.29 is 9.53 Å². The number of hydrogen-bond acceptors (Lipinski definition) is 4. The minimum absolute atomic E-state index is 0.226. The number of benzene rings is 1. The molecule has 1 aromatic carbocycles. The number of nitrogens with two attached hydrogens (primary N) is 1. The van der Waals surface area contributed by atoms with Crippen LogP contribution in [0.3, 0.4) is 0 Å². The number of nitrogen functional groups attached to an aromatic ring is 1. The van der Waals surface area contributed by atoms with Gasteiger partial charge in [-0.15, -0.1) is 0 Å². The molecule has 0 aromatic heterocycles. The second-order valence-corrected chi connectivity index (χ2v) is 5.20. The van der Waals surface area contributed by atoms with Crippen LogP contribution in [-0.4, -0.2) is 51.2 Å². The van der Waals surface area contributed by atoms with Gasteiger partial charge in [0.1, 0.15) is 0 Å². The largest absolute Gasteiger partial charge is 0.397 e. The fraction of sp³-hybridized carbons (Fsp3) is 0.462. The van der Waals surface area contributed by atoms with Crippen LogP contribution in [0, 0.1) is 0 Å². The first-order valence-corrected chi connectivity index (χ1v) is 6.91. The molecule has 0 saturated carbocycles. The summed E-state index contributed by atoms with van der Waals surface area (Å²) in [6, 6.07) is 3.02. The van der Waals surface area contributed by atoms with Gasteiger partial charge in [-0.25, -0.2) is 0 Å². The molecule has 0 spiro atoms. The molecule has 1 amide bonds. The monoisotopic (exact) mass is 319 g/mol. The second kappa shape index (κ2) is 8.32. The first-order valence-electron chi connectivity index (χ1n) is 6.16. The molecular formula is C13H19Cl2N3O2. The number of nitrogens with one attached hydrogen (secondary N) is 1. The van der Waals surface area contributed by atoms with Gasteiger partial charge in [-0.3, -0.25) is 4.79 Å². The third-order valence-electron chi connectivity index (χ3n) is 2.77. The Hall–Kier alpha value is -1.01. The molecule has 1 aromatic rings. The minimum atomic E-state index is -0.226. The molecule has 0 aliphatic carbocycles. The van der Waals surface area contributed by atoms with Gasteiger partial charge >= 0.3 is 0 Å². The highest BCUT2D eigenvalue weighted by atomic mass is 35.5. The maximum absolute atomic E-state index is 11.9. The quantitative estimate of drug-likeness (QED) is 0.753. The number of methoxy groups -OCH3 is 1. The number of carbonyl (C=O) groups excluding carboxylic acids is 1. The second-order valence-electron chi connectivity index (χ2n) is 4.41. The van der Waals surface area contributed by atoms with E-state index in [0.29, 0.717) is 24.4 Å². The number of nitrogens with zero attached hydrogens (tertiary/aromatic N) is 1. The lowest BCUT2D eigenvalue weighted by atomic mass is 10.2. The molecule has 3 N–H and O–H groups in total. The maximum Gasteiger partial charge on any atom is 0.251 e. The molecule has 0 radical (unpaired) electrons. The van der Waals surface area contributed by atoms with E-state index in [9.17, 15) is 4.79 Å². The molecule has 0 fully saturated rings. The lowest BCUT2D eigenvalue weighted by Gasteiger charge is -2.16. The molecule has 0 aliphatic rings. The number of rotatable bonds is 7.